The van der Waals surface area contributed by atoms with Gasteiger partial charge in [-0.25, -0.2) is 0 Å². The van der Waals surface area contributed by atoms with E-state index in [1.807, 2.05) is 0 Å². The number of hydrogen-bond acceptors (Lipinski definition) is 3. The Labute approximate surface area is 98.2 Å². The highest BCUT2D eigenvalue weighted by Crippen LogP contribution is 2.22. The Morgan fingerprint density at radius 2 is 2.38 bits per heavy atom. The fraction of sp³-hybridized carbons (Fsp3) is 0.273. The minimum Gasteiger partial charge on any atom is -0.379 e. The van der Waals surface area contributed by atoms with Crippen LogP contribution in [0.5, 0.6) is 0 Å². The van der Waals surface area contributed by atoms with Crippen LogP contribution >= 0.6 is 11.6 Å². The van der Waals surface area contributed by atoms with Gasteiger partial charge >= 0.3 is 0 Å². The van der Waals surface area contributed by atoms with Crippen molar-refractivity contribution in [2.45, 2.75) is 12.5 Å². The summed E-state index contributed by atoms with van der Waals surface area (Å²) in [5.41, 5.74) is 1.21. The van der Waals surface area contributed by atoms with Crippen LogP contribution in [-0.2, 0) is 4.79 Å². The van der Waals surface area contributed by atoms with Gasteiger partial charge in [-0.15, -0.1) is 0 Å². The SMILES string of the molecule is N#Cc1ccc(Cl)cc1NC1CNC(=O)C1. The molecule has 16 heavy (non-hydrogen) atoms. The molecule has 1 aliphatic rings. The molecule has 1 aromatic rings. The Bertz CT molecular complexity index is 467. The first-order valence-corrected chi connectivity index (χ1v) is 5.29. The molecular weight excluding hydrogens is 226 g/mol. The molecule has 2 N–H and O–H groups in total. The van der Waals surface area contributed by atoms with E-state index in [0.717, 1.165) is 0 Å². The number of hydrogen-bond donors (Lipinski definition) is 2. The third-order valence-corrected chi connectivity index (χ3v) is 2.67. The highest BCUT2D eigenvalue weighted by molar-refractivity contribution is 6.30. The van der Waals surface area contributed by atoms with Crippen LogP contribution in [0.3, 0.4) is 0 Å². The second kappa shape index (κ2) is 4.42. The third kappa shape index (κ3) is 2.26. The van der Waals surface area contributed by atoms with Crippen LogP contribution in [0.2, 0.25) is 5.02 Å². The van der Waals surface area contributed by atoms with E-state index in [1.165, 1.54) is 0 Å². The summed E-state index contributed by atoms with van der Waals surface area (Å²) >= 11 is 5.86. The second-order valence-electron chi connectivity index (χ2n) is 3.65. The van der Waals surface area contributed by atoms with Crippen molar-refractivity contribution >= 4 is 23.2 Å². The third-order valence-electron chi connectivity index (χ3n) is 2.44. The molecule has 4 nitrogen and oxygen atoms in total. The molecular formula is C11H10ClN3O. The van der Waals surface area contributed by atoms with Crippen LogP contribution in [0, 0.1) is 11.3 Å². The van der Waals surface area contributed by atoms with Crippen LogP contribution in [0.1, 0.15) is 12.0 Å². The molecule has 0 bridgehead atoms. The quantitative estimate of drug-likeness (QED) is 0.817. The van der Waals surface area contributed by atoms with E-state index in [-0.39, 0.29) is 11.9 Å². The molecule has 2 rings (SSSR count). The zero-order valence-electron chi connectivity index (χ0n) is 8.46. The Kier molecular flexibility index (Phi) is 2.97. The van der Waals surface area contributed by atoms with Crippen molar-refractivity contribution in [1.29, 1.82) is 5.26 Å². The van der Waals surface area contributed by atoms with Crippen molar-refractivity contribution in [2.24, 2.45) is 0 Å². The minimum atomic E-state index is 0.0260. The van der Waals surface area contributed by atoms with Crippen molar-refractivity contribution < 1.29 is 4.79 Å². The molecule has 0 spiro atoms. The Hall–Kier alpha value is -1.73. The van der Waals surface area contributed by atoms with Crippen LogP contribution in [0.25, 0.3) is 0 Å². The average molecular weight is 236 g/mol. The number of rotatable bonds is 2. The largest absolute Gasteiger partial charge is 0.379 e. The topological polar surface area (TPSA) is 64.9 Å². The number of halogens is 1. The van der Waals surface area contributed by atoms with Crippen LogP contribution in [0.4, 0.5) is 5.69 Å². The first-order valence-electron chi connectivity index (χ1n) is 4.92. The predicted molar refractivity (Wildman–Crippen MR) is 61.2 cm³/mol. The molecule has 1 heterocycles. The first-order chi connectivity index (χ1) is 7.69. The maximum absolute atomic E-state index is 11.0. The standard InChI is InChI=1S/C11H10ClN3O/c12-8-2-1-7(5-13)10(3-8)15-9-4-11(16)14-6-9/h1-3,9,15H,4,6H2,(H,14,16). The summed E-state index contributed by atoms with van der Waals surface area (Å²) in [6.07, 6.45) is 0.428. The summed E-state index contributed by atoms with van der Waals surface area (Å²) in [4.78, 5) is 11.0. The monoisotopic (exact) mass is 235 g/mol. The molecule has 1 aromatic carbocycles. The van der Waals surface area contributed by atoms with E-state index in [2.05, 4.69) is 16.7 Å². The van der Waals surface area contributed by atoms with Gasteiger partial charge in [-0.1, -0.05) is 11.6 Å². The Morgan fingerprint density at radius 1 is 1.56 bits per heavy atom. The lowest BCUT2D eigenvalue weighted by Gasteiger charge is -2.13. The number of nitriles is 1. The highest BCUT2D eigenvalue weighted by atomic mass is 35.5. The van der Waals surface area contributed by atoms with Gasteiger partial charge in [0.05, 0.1) is 17.3 Å². The number of amides is 1. The van der Waals surface area contributed by atoms with Crippen molar-refractivity contribution in [3.05, 3.63) is 28.8 Å². The Morgan fingerprint density at radius 3 is 3.00 bits per heavy atom. The average Bonchev–Trinajstić information content (AvgIpc) is 2.64. The van der Waals surface area contributed by atoms with Gasteiger partial charge in [0.1, 0.15) is 6.07 Å². The number of nitrogens with one attached hydrogen (secondary N) is 2. The maximum atomic E-state index is 11.0. The molecule has 0 radical (unpaired) electrons. The molecule has 1 unspecified atom stereocenters. The lowest BCUT2D eigenvalue weighted by Crippen LogP contribution is -2.22. The maximum Gasteiger partial charge on any atom is 0.222 e. The molecule has 0 aliphatic carbocycles. The molecule has 1 amide bonds. The fourth-order valence-electron chi connectivity index (χ4n) is 1.66. The van der Waals surface area contributed by atoms with Gasteiger partial charge in [0.2, 0.25) is 5.91 Å². The minimum absolute atomic E-state index is 0.0260. The number of carbonyl (C=O) groups is 1. The summed E-state index contributed by atoms with van der Waals surface area (Å²) in [7, 11) is 0. The van der Waals surface area contributed by atoms with Gasteiger partial charge < -0.3 is 10.6 Å². The molecule has 1 atom stereocenters. The fourth-order valence-corrected chi connectivity index (χ4v) is 1.83. The number of nitrogens with zero attached hydrogens (tertiary/aromatic N) is 1. The van der Waals surface area contributed by atoms with Crippen molar-refractivity contribution in [3.63, 3.8) is 0 Å². The first kappa shape index (κ1) is 10.8. The van der Waals surface area contributed by atoms with Gasteiger partial charge in [0, 0.05) is 18.0 Å². The highest BCUT2D eigenvalue weighted by Gasteiger charge is 2.21. The Balaban J connectivity index is 2.17. The smallest absolute Gasteiger partial charge is 0.222 e. The zero-order chi connectivity index (χ0) is 11.5. The normalized spacial score (nSPS) is 19.0. The van der Waals surface area contributed by atoms with E-state index in [9.17, 15) is 4.79 Å². The molecule has 1 saturated heterocycles. The molecule has 0 aromatic heterocycles. The lowest BCUT2D eigenvalue weighted by molar-refractivity contribution is -0.119. The molecule has 82 valence electrons. The van der Waals surface area contributed by atoms with E-state index in [1.54, 1.807) is 18.2 Å². The van der Waals surface area contributed by atoms with Gasteiger partial charge in [-0.05, 0) is 18.2 Å². The van der Waals surface area contributed by atoms with Gasteiger partial charge in [-0.2, -0.15) is 5.26 Å². The van der Waals surface area contributed by atoms with Crippen molar-refractivity contribution in [1.82, 2.24) is 5.32 Å². The van der Waals surface area contributed by atoms with Crippen molar-refractivity contribution in [2.75, 3.05) is 11.9 Å². The van der Waals surface area contributed by atoms with Crippen LogP contribution < -0.4 is 10.6 Å². The summed E-state index contributed by atoms with van der Waals surface area (Å²) in [6, 6.07) is 7.14. The summed E-state index contributed by atoms with van der Waals surface area (Å²) in [5, 5.41) is 15.4. The second-order valence-corrected chi connectivity index (χ2v) is 4.09. The molecule has 1 aliphatic heterocycles. The lowest BCUT2D eigenvalue weighted by atomic mass is 10.1. The van der Waals surface area contributed by atoms with E-state index in [4.69, 9.17) is 16.9 Å². The predicted octanol–water partition coefficient (Wildman–Crippen LogP) is 1.51. The van der Waals surface area contributed by atoms with E-state index < -0.39 is 0 Å². The van der Waals surface area contributed by atoms with Gasteiger partial charge in [0.25, 0.3) is 0 Å². The van der Waals surface area contributed by atoms with Crippen molar-refractivity contribution in [3.8, 4) is 6.07 Å². The molecule has 0 saturated carbocycles. The summed E-state index contributed by atoms with van der Waals surface area (Å²) in [5.74, 6) is 0.0260. The van der Waals surface area contributed by atoms with E-state index >= 15 is 0 Å². The van der Waals surface area contributed by atoms with E-state index in [0.29, 0.717) is 29.2 Å². The van der Waals surface area contributed by atoms with Crippen LogP contribution in [-0.4, -0.2) is 18.5 Å². The number of anilines is 1. The number of carbonyl (C=O) groups excluding carboxylic acids is 1. The van der Waals surface area contributed by atoms with Gasteiger partial charge in [0.15, 0.2) is 0 Å². The summed E-state index contributed by atoms with van der Waals surface area (Å²) in [6.45, 7) is 0.580. The molecule has 5 heteroatoms. The summed E-state index contributed by atoms with van der Waals surface area (Å²) < 4.78 is 0. The number of benzene rings is 1. The van der Waals surface area contributed by atoms with Crippen LogP contribution in [0.15, 0.2) is 18.2 Å². The van der Waals surface area contributed by atoms with Gasteiger partial charge in [-0.3, -0.25) is 4.79 Å². The molecule has 1 fully saturated rings. The zero-order valence-corrected chi connectivity index (χ0v) is 9.21.